The number of hydrogen-bond donors (Lipinski definition) is 8. The summed E-state index contributed by atoms with van der Waals surface area (Å²) in [5, 5.41) is 51.7. The van der Waals surface area contributed by atoms with Crippen LogP contribution in [0.25, 0.3) is 5.57 Å². The van der Waals surface area contributed by atoms with Gasteiger partial charge in [0.1, 0.15) is 11.5 Å². The average Bonchev–Trinajstić information content (AvgIpc) is 2.83. The average molecular weight is 485 g/mol. The lowest BCUT2D eigenvalue weighted by molar-refractivity contribution is 0.0975. The standard InChI is InChI=1S/C25H32N4O6/c1-14(2)15-13-18(32)21-22(23(15)33)25(35)20-17(29-8-6-27-10-12-31)4-3-16(19(20)24(21)34)28-7-5-26-9-11-30/h3-4,13,26-33H,1,5-12H2,2H3. The van der Waals surface area contributed by atoms with Crippen molar-refractivity contribution in [2.75, 3.05) is 63.1 Å². The molecule has 10 heteroatoms. The highest BCUT2D eigenvalue weighted by molar-refractivity contribution is 6.33. The first-order valence-electron chi connectivity index (χ1n) is 11.5. The minimum Gasteiger partial charge on any atom is -0.507 e. The van der Waals surface area contributed by atoms with Gasteiger partial charge >= 0.3 is 0 Å². The first-order valence-corrected chi connectivity index (χ1v) is 11.5. The number of allylic oxidation sites excluding steroid dienone is 1. The van der Waals surface area contributed by atoms with Gasteiger partial charge in [-0.3, -0.25) is 9.59 Å². The molecule has 35 heavy (non-hydrogen) atoms. The zero-order chi connectivity index (χ0) is 25.5. The van der Waals surface area contributed by atoms with Crippen LogP contribution in [0, 0.1) is 0 Å². The van der Waals surface area contributed by atoms with Crippen LogP contribution in [-0.4, -0.2) is 84.5 Å². The van der Waals surface area contributed by atoms with Crippen molar-refractivity contribution in [3.8, 4) is 11.5 Å². The Morgan fingerprint density at radius 2 is 1.26 bits per heavy atom. The van der Waals surface area contributed by atoms with Gasteiger partial charge in [-0.2, -0.15) is 0 Å². The van der Waals surface area contributed by atoms with Crippen molar-refractivity contribution < 1.29 is 30.0 Å². The molecule has 10 nitrogen and oxygen atoms in total. The molecule has 0 atom stereocenters. The number of fused-ring (bicyclic) bond motifs is 2. The van der Waals surface area contributed by atoms with Gasteiger partial charge in [0.25, 0.3) is 0 Å². The molecule has 0 bridgehead atoms. The van der Waals surface area contributed by atoms with E-state index in [2.05, 4.69) is 27.8 Å². The van der Waals surface area contributed by atoms with Gasteiger partial charge in [-0.05, 0) is 30.7 Å². The third-order valence-corrected chi connectivity index (χ3v) is 5.66. The summed E-state index contributed by atoms with van der Waals surface area (Å²) < 4.78 is 0. The highest BCUT2D eigenvalue weighted by Gasteiger charge is 2.39. The van der Waals surface area contributed by atoms with Crippen molar-refractivity contribution in [2.24, 2.45) is 0 Å². The maximum Gasteiger partial charge on any atom is 0.200 e. The monoisotopic (exact) mass is 484 g/mol. The van der Waals surface area contributed by atoms with E-state index in [9.17, 15) is 19.8 Å². The van der Waals surface area contributed by atoms with Crippen molar-refractivity contribution in [3.63, 3.8) is 0 Å². The lowest BCUT2D eigenvalue weighted by Crippen LogP contribution is -2.29. The van der Waals surface area contributed by atoms with Crippen LogP contribution in [0.3, 0.4) is 0 Å². The molecule has 1 aliphatic carbocycles. The molecule has 0 amide bonds. The second kappa shape index (κ2) is 11.8. The van der Waals surface area contributed by atoms with E-state index in [4.69, 9.17) is 10.2 Å². The van der Waals surface area contributed by atoms with Crippen molar-refractivity contribution in [1.29, 1.82) is 0 Å². The van der Waals surface area contributed by atoms with Crippen LogP contribution < -0.4 is 21.3 Å². The van der Waals surface area contributed by atoms with E-state index in [1.165, 1.54) is 6.07 Å². The molecule has 0 saturated carbocycles. The number of rotatable bonds is 13. The predicted octanol–water partition coefficient (Wildman–Crippen LogP) is 0.894. The maximum atomic E-state index is 13.7. The number of phenols is 2. The number of ketones is 2. The lowest BCUT2D eigenvalue weighted by atomic mass is 9.80. The third-order valence-electron chi connectivity index (χ3n) is 5.66. The summed E-state index contributed by atoms with van der Waals surface area (Å²) in [5.74, 6) is -1.96. The van der Waals surface area contributed by atoms with Crippen LogP contribution in [-0.2, 0) is 0 Å². The predicted molar refractivity (Wildman–Crippen MR) is 135 cm³/mol. The van der Waals surface area contributed by atoms with Crippen molar-refractivity contribution in [1.82, 2.24) is 10.6 Å². The molecule has 2 aromatic rings. The number of aliphatic hydroxyl groups is 2. The molecule has 0 heterocycles. The van der Waals surface area contributed by atoms with Crippen molar-refractivity contribution >= 4 is 28.5 Å². The Morgan fingerprint density at radius 1 is 0.771 bits per heavy atom. The summed E-state index contributed by atoms with van der Waals surface area (Å²) in [5.41, 5.74) is 1.18. The quantitative estimate of drug-likeness (QED) is 0.129. The molecule has 0 fully saturated rings. The summed E-state index contributed by atoms with van der Waals surface area (Å²) >= 11 is 0. The number of carbonyl (C=O) groups is 2. The van der Waals surface area contributed by atoms with Gasteiger partial charge in [-0.15, -0.1) is 0 Å². The molecule has 0 radical (unpaired) electrons. The molecule has 0 aliphatic heterocycles. The molecule has 0 aromatic heterocycles. The van der Waals surface area contributed by atoms with Crippen molar-refractivity contribution in [2.45, 2.75) is 6.92 Å². The molecule has 0 unspecified atom stereocenters. The SMILES string of the molecule is C=C(C)c1cc(O)c2c(c1O)C(=O)c1c(NCCNCCO)ccc(NCCNCCO)c1C2=O. The highest BCUT2D eigenvalue weighted by Crippen LogP contribution is 2.45. The van der Waals surface area contributed by atoms with E-state index >= 15 is 0 Å². The Bertz CT molecular complexity index is 1130. The van der Waals surface area contributed by atoms with E-state index in [-0.39, 0.29) is 41.0 Å². The number of benzene rings is 2. The second-order valence-electron chi connectivity index (χ2n) is 8.19. The largest absolute Gasteiger partial charge is 0.507 e. The van der Waals surface area contributed by atoms with Gasteiger partial charge in [0, 0.05) is 56.2 Å². The molecule has 188 valence electrons. The number of aromatic hydroxyl groups is 2. The summed E-state index contributed by atoms with van der Waals surface area (Å²) in [7, 11) is 0. The van der Waals surface area contributed by atoms with Crippen molar-refractivity contribution in [3.05, 3.63) is 52.6 Å². The Hall–Kier alpha value is -3.44. The highest BCUT2D eigenvalue weighted by atomic mass is 16.3. The normalized spacial score (nSPS) is 12.3. The van der Waals surface area contributed by atoms with E-state index in [0.717, 1.165) is 0 Å². The summed E-state index contributed by atoms with van der Waals surface area (Å²) in [6.07, 6.45) is 0. The Morgan fingerprint density at radius 3 is 1.71 bits per heavy atom. The third kappa shape index (κ3) is 5.46. The van der Waals surface area contributed by atoms with E-state index in [1.807, 2.05) is 0 Å². The summed E-state index contributed by atoms with van der Waals surface area (Å²) in [4.78, 5) is 27.3. The van der Waals surface area contributed by atoms with E-state index < -0.39 is 23.1 Å². The molecular formula is C25H32N4O6. The van der Waals surface area contributed by atoms with E-state index in [1.54, 1.807) is 19.1 Å². The van der Waals surface area contributed by atoms with Gasteiger partial charge < -0.3 is 41.7 Å². The van der Waals surface area contributed by atoms with Gasteiger partial charge in [-0.1, -0.05) is 6.58 Å². The Kier molecular flexibility index (Phi) is 8.83. The smallest absolute Gasteiger partial charge is 0.200 e. The first-order chi connectivity index (χ1) is 16.8. The zero-order valence-corrected chi connectivity index (χ0v) is 19.7. The minimum atomic E-state index is -0.585. The molecule has 0 saturated heterocycles. The van der Waals surface area contributed by atoms with Gasteiger partial charge in [0.2, 0.25) is 11.6 Å². The number of nitrogens with one attached hydrogen (secondary N) is 4. The molecular weight excluding hydrogens is 452 g/mol. The zero-order valence-electron chi connectivity index (χ0n) is 19.7. The number of anilines is 2. The Labute approximate surface area is 203 Å². The number of carbonyl (C=O) groups excluding carboxylic acids is 2. The van der Waals surface area contributed by atoms with Crippen LogP contribution in [0.5, 0.6) is 11.5 Å². The molecule has 2 aromatic carbocycles. The van der Waals surface area contributed by atoms with Crippen LogP contribution in [0.4, 0.5) is 11.4 Å². The van der Waals surface area contributed by atoms with E-state index in [0.29, 0.717) is 56.2 Å². The van der Waals surface area contributed by atoms with Crippen LogP contribution in [0.15, 0.2) is 24.8 Å². The summed E-state index contributed by atoms with van der Waals surface area (Å²) in [6, 6.07) is 4.61. The van der Waals surface area contributed by atoms with Gasteiger partial charge in [0.15, 0.2) is 0 Å². The maximum absolute atomic E-state index is 13.7. The molecule has 0 spiro atoms. The number of hydrogen-bond acceptors (Lipinski definition) is 10. The number of aliphatic hydroxyl groups excluding tert-OH is 2. The van der Waals surface area contributed by atoms with Gasteiger partial charge in [0.05, 0.1) is 35.5 Å². The van der Waals surface area contributed by atoms with Crippen LogP contribution >= 0.6 is 0 Å². The van der Waals surface area contributed by atoms with Gasteiger partial charge in [-0.25, -0.2) is 0 Å². The first kappa shape index (κ1) is 26.2. The lowest BCUT2D eigenvalue weighted by Gasteiger charge is -2.26. The minimum absolute atomic E-state index is 0.000517. The second-order valence-corrected chi connectivity index (χ2v) is 8.19. The molecule has 8 N–H and O–H groups in total. The number of phenolic OH excluding ortho intramolecular Hbond substituents is 2. The molecule has 1 aliphatic rings. The van der Waals surface area contributed by atoms with Crippen LogP contribution in [0.1, 0.15) is 44.3 Å². The summed E-state index contributed by atoms with van der Waals surface area (Å²) in [6.45, 7) is 8.12. The fourth-order valence-electron chi connectivity index (χ4n) is 4.03. The fourth-order valence-corrected chi connectivity index (χ4v) is 4.03. The molecule has 3 rings (SSSR count). The topological polar surface area (TPSA) is 163 Å². The Balaban J connectivity index is 2.06. The van der Waals surface area contributed by atoms with Crippen LogP contribution in [0.2, 0.25) is 0 Å². The fraction of sp³-hybridized carbons (Fsp3) is 0.360.